The average molecular weight is 476 g/mol. The van der Waals surface area contributed by atoms with E-state index in [1.54, 1.807) is 21.3 Å². The molecule has 0 spiro atoms. The predicted molar refractivity (Wildman–Crippen MR) is 122 cm³/mol. The number of benzene rings is 2. The van der Waals surface area contributed by atoms with Gasteiger partial charge in [0.05, 0.1) is 24.1 Å². The second-order valence-electron chi connectivity index (χ2n) is 7.14. The number of aromatic nitrogens is 7. The number of nitro groups is 1. The molecule has 12 nitrogen and oxygen atoms in total. The fourth-order valence-corrected chi connectivity index (χ4v) is 4.10. The van der Waals surface area contributed by atoms with Crippen molar-refractivity contribution in [2.45, 2.75) is 17.3 Å². The lowest BCUT2D eigenvalue weighted by Gasteiger charge is -2.03. The van der Waals surface area contributed by atoms with Crippen LogP contribution in [0.15, 0.2) is 59.8 Å². The van der Waals surface area contributed by atoms with Gasteiger partial charge in [-0.3, -0.25) is 14.9 Å². The van der Waals surface area contributed by atoms with E-state index in [0.29, 0.717) is 27.8 Å². The van der Waals surface area contributed by atoms with Crippen LogP contribution in [-0.2, 0) is 21.7 Å². The first-order valence-corrected chi connectivity index (χ1v) is 11.0. The third-order valence-corrected chi connectivity index (χ3v) is 5.88. The lowest BCUT2D eigenvalue weighted by molar-refractivity contribution is -0.384. The van der Waals surface area contributed by atoms with Crippen molar-refractivity contribution >= 4 is 40.4 Å². The maximum Gasteiger partial charge on any atom is 0.311 e. The minimum absolute atomic E-state index is 0.0363. The minimum atomic E-state index is -0.445. The summed E-state index contributed by atoms with van der Waals surface area (Å²) >= 11 is 1.36. The smallest absolute Gasteiger partial charge is 0.311 e. The molecule has 0 atom stereocenters. The molecule has 170 valence electrons. The highest BCUT2D eigenvalue weighted by atomic mass is 32.2. The number of fused-ring (bicyclic) bond motifs is 3. The van der Waals surface area contributed by atoms with Crippen molar-refractivity contribution in [1.29, 1.82) is 0 Å². The topological polar surface area (TPSA) is 143 Å². The summed E-state index contributed by atoms with van der Waals surface area (Å²) in [6.07, 6.45) is -0.0660. The van der Waals surface area contributed by atoms with E-state index in [2.05, 4.69) is 25.4 Å². The van der Waals surface area contributed by atoms with Gasteiger partial charge in [-0.1, -0.05) is 42.1 Å². The lowest BCUT2D eigenvalue weighted by atomic mass is 10.2. The van der Waals surface area contributed by atoms with Crippen LogP contribution in [0.4, 0.5) is 5.69 Å². The van der Waals surface area contributed by atoms with Crippen molar-refractivity contribution in [3.8, 4) is 5.69 Å². The molecule has 0 bridgehead atoms. The Balaban J connectivity index is 1.54. The quantitative estimate of drug-likeness (QED) is 0.149. The molecule has 0 radical (unpaired) electrons. The number of esters is 1. The molecule has 3 aromatic heterocycles. The van der Waals surface area contributed by atoms with Crippen molar-refractivity contribution < 1.29 is 14.5 Å². The summed E-state index contributed by atoms with van der Waals surface area (Å²) in [6.45, 7) is 0. The number of ether oxygens (including phenoxy) is 1. The summed E-state index contributed by atoms with van der Waals surface area (Å²) in [6, 6.07) is 15.7. The van der Waals surface area contributed by atoms with E-state index in [-0.39, 0.29) is 17.9 Å². The first-order chi connectivity index (χ1) is 16.5. The summed E-state index contributed by atoms with van der Waals surface area (Å²) < 4.78 is 7.98. The Hall–Kier alpha value is -4.39. The number of nitro benzene ring substituents is 1. The second-order valence-corrected chi connectivity index (χ2v) is 8.08. The fraction of sp³-hybridized carbons (Fsp3) is 0.143. The largest absolute Gasteiger partial charge is 0.469 e. The Morgan fingerprint density at radius 1 is 1.09 bits per heavy atom. The Labute approximate surface area is 195 Å². The zero-order valence-corrected chi connectivity index (χ0v) is 18.5. The van der Waals surface area contributed by atoms with Crippen molar-refractivity contribution in [3.63, 3.8) is 0 Å². The first-order valence-electron chi connectivity index (χ1n) is 10.0. The van der Waals surface area contributed by atoms with E-state index >= 15 is 0 Å². The molecule has 0 aliphatic carbocycles. The zero-order chi connectivity index (χ0) is 23.7. The van der Waals surface area contributed by atoms with E-state index in [0.717, 1.165) is 11.3 Å². The SMILES string of the molecule is COC(=O)Cc1nn(-c2ccccc2)c2c1nnc1nc(SCc3ccc([N+](=O)[O-])cc3)nn12. The Morgan fingerprint density at radius 2 is 1.85 bits per heavy atom. The predicted octanol–water partition coefficient (Wildman–Crippen LogP) is 2.77. The van der Waals surface area contributed by atoms with Crippen LogP contribution in [0.25, 0.3) is 22.6 Å². The molecule has 5 aromatic rings. The van der Waals surface area contributed by atoms with Crippen LogP contribution < -0.4 is 0 Å². The summed E-state index contributed by atoms with van der Waals surface area (Å²) in [5, 5.41) is 28.9. The molecular formula is C21H16N8O4S. The van der Waals surface area contributed by atoms with Crippen LogP contribution >= 0.6 is 11.8 Å². The number of carbonyl (C=O) groups is 1. The highest BCUT2D eigenvalue weighted by Gasteiger charge is 2.21. The van der Waals surface area contributed by atoms with Gasteiger partial charge in [0.1, 0.15) is 5.69 Å². The molecular weight excluding hydrogens is 460 g/mol. The molecule has 0 unspecified atom stereocenters. The number of thioether (sulfide) groups is 1. The van der Waals surface area contributed by atoms with E-state index in [1.165, 1.54) is 31.0 Å². The van der Waals surface area contributed by atoms with Gasteiger partial charge in [0, 0.05) is 17.9 Å². The lowest BCUT2D eigenvalue weighted by Crippen LogP contribution is -2.06. The number of methoxy groups -OCH3 is 1. The van der Waals surface area contributed by atoms with E-state index < -0.39 is 10.9 Å². The molecule has 0 N–H and O–H groups in total. The highest BCUT2D eigenvalue weighted by molar-refractivity contribution is 7.98. The maximum absolute atomic E-state index is 11.9. The monoisotopic (exact) mass is 476 g/mol. The Bertz CT molecular complexity index is 1520. The molecule has 3 heterocycles. The van der Waals surface area contributed by atoms with Gasteiger partial charge in [-0.25, -0.2) is 4.68 Å². The van der Waals surface area contributed by atoms with E-state index in [9.17, 15) is 14.9 Å². The van der Waals surface area contributed by atoms with E-state index in [1.807, 2.05) is 30.3 Å². The van der Waals surface area contributed by atoms with Crippen LogP contribution in [0.1, 0.15) is 11.3 Å². The summed E-state index contributed by atoms with van der Waals surface area (Å²) in [5.41, 5.74) is 3.03. The van der Waals surface area contributed by atoms with Crippen LogP contribution in [0.5, 0.6) is 0 Å². The molecule has 0 fully saturated rings. The van der Waals surface area contributed by atoms with Crippen molar-refractivity contribution in [2.75, 3.05) is 7.11 Å². The van der Waals surface area contributed by atoms with Gasteiger partial charge >= 0.3 is 5.97 Å². The van der Waals surface area contributed by atoms with E-state index in [4.69, 9.17) is 4.74 Å². The number of rotatable bonds is 7. The van der Waals surface area contributed by atoms with Crippen LogP contribution in [0.3, 0.4) is 0 Å². The van der Waals surface area contributed by atoms with Gasteiger partial charge in [-0.2, -0.15) is 14.6 Å². The third kappa shape index (κ3) is 4.03. The van der Waals surface area contributed by atoms with Gasteiger partial charge in [-0.05, 0) is 17.7 Å². The number of non-ortho nitro benzene ring substituents is 1. The number of hydrogen-bond acceptors (Lipinski definition) is 10. The summed E-state index contributed by atoms with van der Waals surface area (Å²) in [7, 11) is 1.31. The number of carbonyl (C=O) groups excluding carboxylic acids is 1. The normalized spacial score (nSPS) is 11.2. The van der Waals surface area contributed by atoms with Crippen molar-refractivity contribution in [3.05, 3.63) is 76.0 Å². The Kier molecular flexibility index (Phi) is 5.59. The van der Waals surface area contributed by atoms with Gasteiger partial charge in [-0.15, -0.1) is 15.3 Å². The summed E-state index contributed by atoms with van der Waals surface area (Å²) in [4.78, 5) is 26.8. The molecule has 2 aromatic carbocycles. The second kappa shape index (κ2) is 8.86. The molecule has 0 saturated heterocycles. The van der Waals surface area contributed by atoms with Crippen molar-refractivity contribution in [2.24, 2.45) is 0 Å². The first kappa shape index (κ1) is 21.5. The fourth-order valence-electron chi connectivity index (χ4n) is 3.32. The molecule has 0 aliphatic rings. The summed E-state index contributed by atoms with van der Waals surface area (Å²) in [5.74, 6) is 0.344. The van der Waals surface area contributed by atoms with Gasteiger partial charge in [0.2, 0.25) is 5.16 Å². The molecule has 34 heavy (non-hydrogen) atoms. The van der Waals surface area contributed by atoms with Crippen molar-refractivity contribution in [1.82, 2.24) is 34.6 Å². The van der Waals surface area contributed by atoms with Gasteiger partial charge in [0.15, 0.2) is 11.2 Å². The van der Waals surface area contributed by atoms with Crippen LogP contribution in [-0.4, -0.2) is 52.6 Å². The minimum Gasteiger partial charge on any atom is -0.469 e. The number of nitrogens with zero attached hydrogens (tertiary/aromatic N) is 8. The van der Waals surface area contributed by atoms with Gasteiger partial charge < -0.3 is 4.74 Å². The van der Waals surface area contributed by atoms with Gasteiger partial charge in [0.25, 0.3) is 11.5 Å². The molecule has 0 amide bonds. The standard InChI is InChI=1S/C21H16N8O4S/c1-33-17(30)11-16-18-19(27(25-16)14-5-3-2-4-6-14)28-20(24-23-18)22-21(26-28)34-12-13-7-9-15(10-8-13)29(31)32/h2-10H,11-12H2,1H3. The number of hydrogen-bond donors (Lipinski definition) is 0. The third-order valence-electron chi connectivity index (χ3n) is 4.97. The molecule has 0 saturated carbocycles. The number of para-hydroxylation sites is 1. The molecule has 5 rings (SSSR count). The van der Waals surface area contributed by atoms with Crippen LogP contribution in [0.2, 0.25) is 0 Å². The zero-order valence-electron chi connectivity index (χ0n) is 17.7. The van der Waals surface area contributed by atoms with Crippen LogP contribution in [0, 0.1) is 10.1 Å². The average Bonchev–Trinajstić information content (AvgIpc) is 3.44. The maximum atomic E-state index is 11.9. The molecule has 13 heteroatoms. The molecule has 0 aliphatic heterocycles. The highest BCUT2D eigenvalue weighted by Crippen LogP contribution is 2.25. The Morgan fingerprint density at radius 3 is 2.56 bits per heavy atom.